The van der Waals surface area contributed by atoms with Crippen LogP contribution in [0, 0.1) is 32.1 Å². The summed E-state index contributed by atoms with van der Waals surface area (Å²) in [7, 11) is 0. The number of rotatable bonds is 3. The lowest BCUT2D eigenvalue weighted by molar-refractivity contribution is -0.114. The summed E-state index contributed by atoms with van der Waals surface area (Å²) in [5.74, 6) is 0.165. The highest BCUT2D eigenvalue weighted by Gasteiger charge is 2.38. The Hall–Kier alpha value is -2.93. The number of aryl methyl sites for hydroxylation is 2. The lowest BCUT2D eigenvalue weighted by Crippen LogP contribution is -2.35. The van der Waals surface area contributed by atoms with Crippen LogP contribution in [0.5, 0.6) is 0 Å². The van der Waals surface area contributed by atoms with E-state index in [4.69, 9.17) is 10.5 Å². The van der Waals surface area contributed by atoms with Crippen LogP contribution in [0.15, 0.2) is 46.0 Å². The molecule has 0 unspecified atom stereocenters. The summed E-state index contributed by atoms with van der Waals surface area (Å²) in [6.07, 6.45) is 7.76. The summed E-state index contributed by atoms with van der Waals surface area (Å²) in [5.41, 5.74) is 5.59. The van der Waals surface area contributed by atoms with Crippen molar-refractivity contribution in [3.8, 4) is 5.69 Å². The van der Waals surface area contributed by atoms with Crippen molar-refractivity contribution in [2.45, 2.75) is 52.9 Å². The maximum atomic E-state index is 12.9. The first kappa shape index (κ1) is 20.9. The maximum absolute atomic E-state index is 12.9. The highest BCUT2D eigenvalue weighted by Crippen LogP contribution is 2.36. The number of hydrogen-bond acceptors (Lipinski definition) is 4. The predicted molar refractivity (Wildman–Crippen MR) is 132 cm³/mol. The molecule has 1 aromatic carbocycles. The Labute approximate surface area is 192 Å². The van der Waals surface area contributed by atoms with Crippen LogP contribution in [0.25, 0.3) is 11.8 Å². The zero-order chi connectivity index (χ0) is 22.4. The van der Waals surface area contributed by atoms with Crippen LogP contribution in [0.2, 0.25) is 0 Å². The van der Waals surface area contributed by atoms with Crippen molar-refractivity contribution in [3.63, 3.8) is 0 Å². The number of carbonyl (C=O) groups excluding carboxylic acids is 1. The van der Waals surface area contributed by atoms with Gasteiger partial charge in [0.05, 0.1) is 5.57 Å². The highest BCUT2D eigenvalue weighted by molar-refractivity contribution is 8.27. The lowest BCUT2D eigenvalue weighted by atomic mass is 9.90. The van der Waals surface area contributed by atoms with Crippen molar-refractivity contribution in [2.75, 3.05) is 0 Å². The normalized spacial score (nSPS) is 20.6. The molecule has 1 saturated carbocycles. The number of benzene rings is 1. The maximum Gasteiger partial charge on any atom is 0.283 e. The minimum atomic E-state index is -0.367. The molecule has 0 atom stereocenters. The number of hydrazone groups is 1. The smallest absolute Gasteiger partial charge is 0.283 e. The average Bonchev–Trinajstić information content (AvgIpc) is 3.33. The van der Waals surface area contributed by atoms with E-state index in [1.165, 1.54) is 36.6 Å². The van der Waals surface area contributed by atoms with Gasteiger partial charge in [-0.05, 0) is 75.2 Å². The van der Waals surface area contributed by atoms with Crippen LogP contribution in [-0.2, 0) is 4.79 Å². The molecule has 0 bridgehead atoms. The second kappa shape index (κ2) is 8.20. The number of nitrogens with one attached hydrogen (secondary N) is 1. The molecule has 1 N–H and O–H groups in total. The number of amides is 1. The molecule has 0 radical (unpaired) electrons. The van der Waals surface area contributed by atoms with E-state index in [0.29, 0.717) is 11.1 Å². The fourth-order valence-electron chi connectivity index (χ4n) is 4.70. The van der Waals surface area contributed by atoms with E-state index in [9.17, 15) is 4.79 Å². The molecule has 1 amide bonds. The molecule has 1 aromatic heterocycles. The molecule has 3 aliphatic rings. The van der Waals surface area contributed by atoms with Gasteiger partial charge in [0.15, 0.2) is 5.84 Å². The highest BCUT2D eigenvalue weighted by atomic mass is 32.2. The lowest BCUT2D eigenvalue weighted by Gasteiger charge is -2.20. The van der Waals surface area contributed by atoms with Gasteiger partial charge in [-0.15, -0.1) is 0 Å². The average molecular weight is 446 g/mol. The van der Waals surface area contributed by atoms with Gasteiger partial charge in [-0.2, -0.15) is 15.1 Å². The molecular formula is C25H27N5OS. The van der Waals surface area contributed by atoms with Crippen LogP contribution >= 0.6 is 11.8 Å². The van der Waals surface area contributed by atoms with Gasteiger partial charge in [-0.3, -0.25) is 10.2 Å². The van der Waals surface area contributed by atoms with E-state index in [0.717, 1.165) is 40.5 Å². The van der Waals surface area contributed by atoms with Gasteiger partial charge in [0.1, 0.15) is 5.04 Å². The third-order valence-electron chi connectivity index (χ3n) is 6.49. The van der Waals surface area contributed by atoms with Crippen LogP contribution in [0.3, 0.4) is 0 Å². The summed E-state index contributed by atoms with van der Waals surface area (Å²) in [6, 6.07) is 10.4. The molecular weight excluding hydrogens is 418 g/mol. The van der Waals surface area contributed by atoms with Gasteiger partial charge in [0.2, 0.25) is 5.17 Å². The molecule has 6 nitrogen and oxygen atoms in total. The molecule has 2 aliphatic heterocycles. The quantitative estimate of drug-likeness (QED) is 0.625. The van der Waals surface area contributed by atoms with Crippen molar-refractivity contribution in [1.82, 2.24) is 9.58 Å². The van der Waals surface area contributed by atoms with Gasteiger partial charge < -0.3 is 4.57 Å². The number of thioether (sulfide) groups is 1. The second-order valence-corrected chi connectivity index (χ2v) is 9.78. The Balaban J connectivity index is 1.47. The zero-order valence-electron chi connectivity index (χ0n) is 18.7. The van der Waals surface area contributed by atoms with E-state index in [-0.39, 0.29) is 17.3 Å². The summed E-state index contributed by atoms with van der Waals surface area (Å²) in [4.78, 5) is 17.1. The van der Waals surface area contributed by atoms with Crippen LogP contribution in [0.1, 0.15) is 54.6 Å². The minimum absolute atomic E-state index is 0.110. The van der Waals surface area contributed by atoms with Gasteiger partial charge in [-0.1, -0.05) is 37.0 Å². The van der Waals surface area contributed by atoms with E-state index in [2.05, 4.69) is 53.7 Å². The molecule has 1 aliphatic carbocycles. The van der Waals surface area contributed by atoms with Gasteiger partial charge in [0, 0.05) is 23.0 Å². The largest absolute Gasteiger partial charge is 0.318 e. The summed E-state index contributed by atoms with van der Waals surface area (Å²) in [5, 5.41) is 16.5. The van der Waals surface area contributed by atoms with E-state index in [1.807, 2.05) is 6.92 Å². The third-order valence-corrected chi connectivity index (χ3v) is 7.56. The molecule has 0 spiro atoms. The van der Waals surface area contributed by atoms with Gasteiger partial charge in [0.25, 0.3) is 5.91 Å². The fraction of sp³-hybridized carbons (Fsp3) is 0.360. The monoisotopic (exact) mass is 445 g/mol. The summed E-state index contributed by atoms with van der Waals surface area (Å²) >= 11 is 1.46. The Morgan fingerprint density at radius 1 is 1.09 bits per heavy atom. The van der Waals surface area contributed by atoms with Crippen molar-refractivity contribution in [3.05, 3.63) is 58.4 Å². The number of fused-ring (bicyclic) bond motifs is 1. The molecule has 2 aromatic rings. The molecule has 1 fully saturated rings. The van der Waals surface area contributed by atoms with Crippen molar-refractivity contribution in [2.24, 2.45) is 16.0 Å². The minimum Gasteiger partial charge on any atom is -0.318 e. The standard InChI is InChI=1S/C25H27N5OS/c1-15-9-11-20(12-10-15)29-16(2)13-19(17(29)3)14-21-22(26)30-25(27-23(21)31)32-24(28-30)18-7-5-4-6-8-18/h9-14,18,26H,4-8H2,1-3H3/b21-14-,26-22?. The van der Waals surface area contributed by atoms with Crippen LogP contribution in [0.4, 0.5) is 0 Å². The van der Waals surface area contributed by atoms with Crippen molar-refractivity contribution >= 4 is 39.8 Å². The Morgan fingerprint density at radius 2 is 1.81 bits per heavy atom. The van der Waals surface area contributed by atoms with E-state index < -0.39 is 0 Å². The van der Waals surface area contributed by atoms with Gasteiger partial charge in [-0.25, -0.2) is 0 Å². The fourth-order valence-corrected chi connectivity index (χ4v) is 5.76. The second-order valence-electron chi connectivity index (χ2n) is 8.79. The number of hydrogen-bond donors (Lipinski definition) is 1. The first-order valence-corrected chi connectivity index (χ1v) is 12.0. The summed E-state index contributed by atoms with van der Waals surface area (Å²) < 4.78 is 2.17. The van der Waals surface area contributed by atoms with Gasteiger partial charge >= 0.3 is 0 Å². The Bertz CT molecular complexity index is 1200. The molecule has 32 heavy (non-hydrogen) atoms. The van der Waals surface area contributed by atoms with Crippen molar-refractivity contribution < 1.29 is 4.79 Å². The number of amidine groups is 2. The molecule has 5 rings (SSSR count). The number of nitrogens with zero attached hydrogens (tertiary/aromatic N) is 4. The first-order valence-electron chi connectivity index (χ1n) is 11.2. The van der Waals surface area contributed by atoms with E-state index in [1.54, 1.807) is 11.1 Å². The third kappa shape index (κ3) is 3.64. The van der Waals surface area contributed by atoms with E-state index >= 15 is 0 Å². The molecule has 3 heterocycles. The Morgan fingerprint density at radius 3 is 2.53 bits per heavy atom. The van der Waals surface area contributed by atoms with Crippen LogP contribution < -0.4 is 0 Å². The summed E-state index contributed by atoms with van der Waals surface area (Å²) in [6.45, 7) is 6.16. The Kier molecular flexibility index (Phi) is 5.37. The molecule has 7 heteroatoms. The number of aliphatic imine (C=N–C) groups is 1. The SMILES string of the molecule is Cc1ccc(-n2c(C)cc(/C=C3/C(=N)N4N=C(C5CCCCC5)SC4=NC3=O)c2C)cc1. The molecule has 164 valence electrons. The number of carbonyl (C=O) groups is 1. The predicted octanol–water partition coefficient (Wildman–Crippen LogP) is 5.60. The topological polar surface area (TPSA) is 73.8 Å². The van der Waals surface area contributed by atoms with Crippen molar-refractivity contribution in [1.29, 1.82) is 5.41 Å². The number of aromatic nitrogens is 1. The zero-order valence-corrected chi connectivity index (χ0v) is 19.5. The first-order chi connectivity index (χ1) is 15.4. The molecule has 0 saturated heterocycles. The van der Waals surface area contributed by atoms with Crippen LogP contribution in [-0.4, -0.2) is 31.5 Å².